The van der Waals surface area contributed by atoms with Crippen molar-refractivity contribution in [2.24, 2.45) is 10.4 Å². The molecule has 0 aromatic heterocycles. The summed E-state index contributed by atoms with van der Waals surface area (Å²) in [5.74, 6) is 0.945. The van der Waals surface area contributed by atoms with E-state index in [-0.39, 0.29) is 0 Å². The summed E-state index contributed by atoms with van der Waals surface area (Å²) in [4.78, 5) is 4.35. The van der Waals surface area contributed by atoms with Crippen molar-refractivity contribution < 1.29 is 4.74 Å². The summed E-state index contributed by atoms with van der Waals surface area (Å²) in [5.41, 5.74) is 0.392. The number of aliphatic imine (C=N–C) groups is 1. The second-order valence-corrected chi connectivity index (χ2v) is 5.99. The lowest BCUT2D eigenvalue weighted by Gasteiger charge is -2.61. The predicted molar refractivity (Wildman–Crippen MR) is 79.5 cm³/mol. The maximum atomic E-state index is 5.88. The highest BCUT2D eigenvalue weighted by atomic mass is 16.5. The summed E-state index contributed by atoms with van der Waals surface area (Å²) in [5, 5.41) is 7.05. The fourth-order valence-electron chi connectivity index (χ4n) is 3.31. The summed E-state index contributed by atoms with van der Waals surface area (Å²) >= 11 is 0. The first-order valence-corrected chi connectivity index (χ1v) is 7.77. The van der Waals surface area contributed by atoms with Gasteiger partial charge in [0, 0.05) is 31.2 Å². The lowest BCUT2D eigenvalue weighted by molar-refractivity contribution is -0.168. The van der Waals surface area contributed by atoms with Gasteiger partial charge >= 0.3 is 0 Å². The fraction of sp³-hybridized carbons (Fsp3) is 0.933. The van der Waals surface area contributed by atoms with Gasteiger partial charge in [-0.05, 0) is 39.5 Å². The van der Waals surface area contributed by atoms with Crippen LogP contribution in [0.1, 0.15) is 52.9 Å². The van der Waals surface area contributed by atoms with Gasteiger partial charge in [0.15, 0.2) is 5.96 Å². The molecule has 0 amide bonds. The predicted octanol–water partition coefficient (Wildman–Crippen LogP) is 2.30. The summed E-state index contributed by atoms with van der Waals surface area (Å²) in [6.45, 7) is 7.30. The van der Waals surface area contributed by atoms with E-state index in [1.165, 1.54) is 19.3 Å². The zero-order valence-corrected chi connectivity index (χ0v) is 12.8. The van der Waals surface area contributed by atoms with E-state index in [2.05, 4.69) is 36.4 Å². The Morgan fingerprint density at radius 3 is 2.63 bits per heavy atom. The number of ether oxygens (including phenoxy) is 1. The van der Waals surface area contributed by atoms with Crippen molar-refractivity contribution in [3.05, 3.63) is 0 Å². The number of guanidine groups is 1. The highest BCUT2D eigenvalue weighted by molar-refractivity contribution is 5.80. The van der Waals surface area contributed by atoms with Crippen molar-refractivity contribution in [3.8, 4) is 0 Å². The molecule has 1 spiro atoms. The molecule has 0 aromatic rings. The van der Waals surface area contributed by atoms with Gasteiger partial charge in [0.25, 0.3) is 0 Å². The van der Waals surface area contributed by atoms with Crippen LogP contribution in [0.4, 0.5) is 0 Å². The average Bonchev–Trinajstić information content (AvgIpc) is 2.33. The van der Waals surface area contributed by atoms with Crippen molar-refractivity contribution in [2.75, 3.05) is 13.7 Å². The number of hydrogen-bond donors (Lipinski definition) is 2. The zero-order valence-electron chi connectivity index (χ0n) is 12.8. The smallest absolute Gasteiger partial charge is 0.191 e. The molecule has 0 saturated heterocycles. The first kappa shape index (κ1) is 14.6. The van der Waals surface area contributed by atoms with Crippen LogP contribution in [0, 0.1) is 5.41 Å². The van der Waals surface area contributed by atoms with Crippen LogP contribution in [0.2, 0.25) is 0 Å². The van der Waals surface area contributed by atoms with Crippen LogP contribution >= 0.6 is 0 Å². The maximum Gasteiger partial charge on any atom is 0.191 e. The van der Waals surface area contributed by atoms with Crippen molar-refractivity contribution >= 4 is 5.96 Å². The van der Waals surface area contributed by atoms with Crippen LogP contribution < -0.4 is 10.6 Å². The molecule has 110 valence electrons. The molecule has 2 aliphatic rings. The first-order valence-electron chi connectivity index (χ1n) is 7.77. The number of nitrogens with zero attached hydrogens (tertiary/aromatic N) is 1. The van der Waals surface area contributed by atoms with E-state index in [9.17, 15) is 0 Å². The zero-order chi connectivity index (χ0) is 13.9. The van der Waals surface area contributed by atoms with Crippen molar-refractivity contribution in [1.29, 1.82) is 0 Å². The number of hydrogen-bond acceptors (Lipinski definition) is 2. The van der Waals surface area contributed by atoms with Crippen molar-refractivity contribution in [3.63, 3.8) is 0 Å². The van der Waals surface area contributed by atoms with Gasteiger partial charge in [-0.1, -0.05) is 13.3 Å². The molecule has 2 N–H and O–H groups in total. The van der Waals surface area contributed by atoms with Crippen LogP contribution in [0.5, 0.6) is 0 Å². The van der Waals surface area contributed by atoms with Crippen molar-refractivity contribution in [2.45, 2.75) is 71.1 Å². The molecule has 0 aromatic carbocycles. The summed E-state index contributed by atoms with van der Waals surface area (Å²) < 4.78 is 5.88. The maximum absolute atomic E-state index is 5.88. The fourth-order valence-corrected chi connectivity index (χ4v) is 3.31. The first-order chi connectivity index (χ1) is 9.16. The van der Waals surface area contributed by atoms with Crippen LogP contribution in [0.3, 0.4) is 0 Å². The third-order valence-electron chi connectivity index (χ3n) is 4.97. The van der Waals surface area contributed by atoms with Gasteiger partial charge in [-0.2, -0.15) is 0 Å². The Morgan fingerprint density at radius 1 is 1.42 bits per heavy atom. The Balaban J connectivity index is 1.89. The van der Waals surface area contributed by atoms with E-state index in [0.29, 0.717) is 23.6 Å². The molecule has 0 heterocycles. The van der Waals surface area contributed by atoms with E-state index in [0.717, 1.165) is 25.4 Å². The summed E-state index contributed by atoms with van der Waals surface area (Å²) in [6.07, 6.45) is 6.64. The van der Waals surface area contributed by atoms with Gasteiger partial charge in [0.05, 0.1) is 6.10 Å². The second kappa shape index (κ2) is 6.12. The molecule has 0 bridgehead atoms. The Morgan fingerprint density at radius 2 is 2.16 bits per heavy atom. The molecule has 3 unspecified atom stereocenters. The molecule has 2 fully saturated rings. The molecule has 2 saturated carbocycles. The Bertz CT molecular complexity index is 325. The van der Waals surface area contributed by atoms with Gasteiger partial charge in [-0.25, -0.2) is 0 Å². The molecule has 4 heteroatoms. The van der Waals surface area contributed by atoms with E-state index in [1.807, 2.05) is 7.05 Å². The molecule has 3 atom stereocenters. The minimum Gasteiger partial charge on any atom is -0.378 e. The van der Waals surface area contributed by atoms with Crippen LogP contribution in [-0.2, 0) is 4.74 Å². The van der Waals surface area contributed by atoms with Crippen LogP contribution in [0.25, 0.3) is 0 Å². The van der Waals surface area contributed by atoms with E-state index < -0.39 is 0 Å². The molecule has 19 heavy (non-hydrogen) atoms. The minimum absolute atomic E-state index is 0.392. The van der Waals surface area contributed by atoms with Gasteiger partial charge in [0.2, 0.25) is 0 Å². The normalized spacial score (nSPS) is 30.4. The summed E-state index contributed by atoms with van der Waals surface area (Å²) in [7, 11) is 1.85. The monoisotopic (exact) mass is 267 g/mol. The lowest BCUT2D eigenvalue weighted by Crippen LogP contribution is -2.68. The highest BCUT2D eigenvalue weighted by Gasteiger charge is 2.59. The molecular weight excluding hydrogens is 238 g/mol. The van der Waals surface area contributed by atoms with E-state index in [1.54, 1.807) is 0 Å². The third kappa shape index (κ3) is 2.73. The Hall–Kier alpha value is -0.770. The number of nitrogens with one attached hydrogen (secondary N) is 2. The number of rotatable bonds is 5. The topological polar surface area (TPSA) is 45.6 Å². The van der Waals surface area contributed by atoms with Crippen LogP contribution in [-0.4, -0.2) is 37.8 Å². The molecule has 4 nitrogen and oxygen atoms in total. The minimum atomic E-state index is 0.392. The second-order valence-electron chi connectivity index (χ2n) is 5.99. The third-order valence-corrected chi connectivity index (χ3v) is 4.97. The molecule has 2 rings (SSSR count). The van der Waals surface area contributed by atoms with Gasteiger partial charge < -0.3 is 15.4 Å². The SMILES string of the molecule is CCOC1CC(NC(=NC)NC(C)CC)C12CCC2. The Kier molecular flexibility index (Phi) is 4.71. The van der Waals surface area contributed by atoms with E-state index >= 15 is 0 Å². The van der Waals surface area contributed by atoms with E-state index in [4.69, 9.17) is 4.74 Å². The molecule has 0 aliphatic heterocycles. The highest BCUT2D eigenvalue weighted by Crippen LogP contribution is 2.57. The average molecular weight is 267 g/mol. The Labute approximate surface area is 117 Å². The molecular formula is C15H29N3O. The quantitative estimate of drug-likeness (QED) is 0.593. The lowest BCUT2D eigenvalue weighted by atomic mass is 9.51. The van der Waals surface area contributed by atoms with Crippen molar-refractivity contribution in [1.82, 2.24) is 10.6 Å². The van der Waals surface area contributed by atoms with Gasteiger partial charge in [-0.3, -0.25) is 4.99 Å². The largest absolute Gasteiger partial charge is 0.378 e. The summed E-state index contributed by atoms with van der Waals surface area (Å²) in [6, 6.07) is 0.999. The molecule has 2 aliphatic carbocycles. The van der Waals surface area contributed by atoms with Crippen LogP contribution in [0.15, 0.2) is 4.99 Å². The van der Waals surface area contributed by atoms with Gasteiger partial charge in [-0.15, -0.1) is 0 Å². The van der Waals surface area contributed by atoms with Gasteiger partial charge in [0.1, 0.15) is 0 Å². The standard InChI is InChI=1S/C15H29N3O/c1-5-11(3)17-14(16-4)18-12-10-13(19-6-2)15(12)8-7-9-15/h11-13H,5-10H2,1-4H3,(H2,16,17,18). The molecule has 0 radical (unpaired) electrons.